The number of fused-ring (bicyclic) bond motifs is 1. The molecule has 0 aliphatic heterocycles. The van der Waals surface area contributed by atoms with Crippen LogP contribution in [0.15, 0.2) is 24.5 Å². The van der Waals surface area contributed by atoms with E-state index in [1.165, 1.54) is 5.56 Å². The van der Waals surface area contributed by atoms with Gasteiger partial charge in [-0.25, -0.2) is 4.98 Å². The predicted molar refractivity (Wildman–Crippen MR) is 75.6 cm³/mol. The van der Waals surface area contributed by atoms with Gasteiger partial charge in [0, 0.05) is 19.6 Å². The van der Waals surface area contributed by atoms with Gasteiger partial charge in [0.05, 0.1) is 17.4 Å². The van der Waals surface area contributed by atoms with Crippen LogP contribution in [0.2, 0.25) is 0 Å². The molecule has 0 saturated heterocycles. The highest BCUT2D eigenvalue weighted by atomic mass is 15.1. The van der Waals surface area contributed by atoms with Crippen molar-refractivity contribution in [3.05, 3.63) is 30.1 Å². The first-order valence-electron chi connectivity index (χ1n) is 6.68. The lowest BCUT2D eigenvalue weighted by Crippen LogP contribution is -2.31. The van der Waals surface area contributed by atoms with Crippen LogP contribution in [-0.4, -0.2) is 41.0 Å². The Hall–Kier alpha value is -1.39. The van der Waals surface area contributed by atoms with Crippen molar-refractivity contribution in [2.75, 3.05) is 26.2 Å². The zero-order valence-electron chi connectivity index (χ0n) is 11.2. The second-order valence-corrected chi connectivity index (χ2v) is 4.46. The number of H-pyrrole nitrogens is 1. The largest absolute Gasteiger partial charge is 0.345 e. The standard InChI is InChI=1S/C14H22N4/c1-3-18(4-2)8-7-15-10-12-5-6-13-14(9-12)17-11-16-13/h5-6,9,11,15H,3-4,7-8,10H2,1-2H3,(H,16,17). The van der Waals surface area contributed by atoms with Crippen LogP contribution >= 0.6 is 0 Å². The minimum absolute atomic E-state index is 0.913. The lowest BCUT2D eigenvalue weighted by atomic mass is 10.2. The summed E-state index contributed by atoms with van der Waals surface area (Å²) >= 11 is 0. The Labute approximate surface area is 108 Å². The molecule has 1 aromatic carbocycles. The van der Waals surface area contributed by atoms with Gasteiger partial charge in [0.25, 0.3) is 0 Å². The van der Waals surface area contributed by atoms with Gasteiger partial charge in [-0.3, -0.25) is 0 Å². The molecule has 18 heavy (non-hydrogen) atoms. The zero-order chi connectivity index (χ0) is 12.8. The number of nitrogens with zero attached hydrogens (tertiary/aromatic N) is 2. The molecule has 0 saturated carbocycles. The van der Waals surface area contributed by atoms with Crippen molar-refractivity contribution < 1.29 is 0 Å². The highest BCUT2D eigenvalue weighted by Gasteiger charge is 2.00. The molecule has 1 heterocycles. The smallest absolute Gasteiger partial charge is 0.0931 e. The van der Waals surface area contributed by atoms with E-state index >= 15 is 0 Å². The highest BCUT2D eigenvalue weighted by Crippen LogP contribution is 2.11. The maximum atomic E-state index is 4.22. The molecule has 0 amide bonds. The van der Waals surface area contributed by atoms with Gasteiger partial charge in [-0.2, -0.15) is 0 Å². The molecule has 4 heteroatoms. The summed E-state index contributed by atoms with van der Waals surface area (Å²) in [6.07, 6.45) is 1.74. The number of rotatable bonds is 7. The monoisotopic (exact) mass is 246 g/mol. The SMILES string of the molecule is CCN(CC)CCNCc1ccc2nc[nH]c2c1. The molecule has 0 unspecified atom stereocenters. The van der Waals surface area contributed by atoms with Crippen molar-refractivity contribution in [2.24, 2.45) is 0 Å². The first-order chi connectivity index (χ1) is 8.83. The third kappa shape index (κ3) is 3.31. The molecule has 98 valence electrons. The first-order valence-corrected chi connectivity index (χ1v) is 6.68. The molecule has 0 spiro atoms. The Morgan fingerprint density at radius 1 is 1.28 bits per heavy atom. The Morgan fingerprint density at radius 3 is 2.89 bits per heavy atom. The molecular weight excluding hydrogens is 224 g/mol. The van der Waals surface area contributed by atoms with Gasteiger partial charge in [0.2, 0.25) is 0 Å². The molecular formula is C14H22N4. The topological polar surface area (TPSA) is 44.0 Å². The summed E-state index contributed by atoms with van der Waals surface area (Å²) < 4.78 is 0. The molecule has 1 aromatic heterocycles. The Kier molecular flexibility index (Phi) is 4.73. The normalized spacial score (nSPS) is 11.5. The summed E-state index contributed by atoms with van der Waals surface area (Å²) in [5.74, 6) is 0. The van der Waals surface area contributed by atoms with E-state index in [1.54, 1.807) is 6.33 Å². The number of likely N-dealkylation sites (N-methyl/N-ethyl adjacent to an activating group) is 1. The number of nitrogens with one attached hydrogen (secondary N) is 2. The highest BCUT2D eigenvalue weighted by molar-refractivity contribution is 5.74. The van der Waals surface area contributed by atoms with Crippen LogP contribution in [0.3, 0.4) is 0 Å². The second-order valence-electron chi connectivity index (χ2n) is 4.46. The van der Waals surface area contributed by atoms with Gasteiger partial charge in [-0.05, 0) is 30.8 Å². The molecule has 2 aromatic rings. The van der Waals surface area contributed by atoms with Crippen LogP contribution in [0, 0.1) is 0 Å². The number of aromatic amines is 1. The average Bonchev–Trinajstić information content (AvgIpc) is 2.86. The summed E-state index contributed by atoms with van der Waals surface area (Å²) in [7, 11) is 0. The fourth-order valence-electron chi connectivity index (χ4n) is 2.10. The third-order valence-corrected chi connectivity index (χ3v) is 3.31. The maximum absolute atomic E-state index is 4.22. The molecule has 0 fully saturated rings. The van der Waals surface area contributed by atoms with E-state index in [4.69, 9.17) is 0 Å². The quantitative estimate of drug-likeness (QED) is 0.734. The molecule has 0 bridgehead atoms. The molecule has 0 radical (unpaired) electrons. The van der Waals surface area contributed by atoms with Crippen LogP contribution in [0.4, 0.5) is 0 Å². The molecule has 4 nitrogen and oxygen atoms in total. The van der Waals surface area contributed by atoms with E-state index in [9.17, 15) is 0 Å². The van der Waals surface area contributed by atoms with E-state index in [-0.39, 0.29) is 0 Å². The van der Waals surface area contributed by atoms with Crippen molar-refractivity contribution >= 4 is 11.0 Å². The second kappa shape index (κ2) is 6.52. The van der Waals surface area contributed by atoms with E-state index in [0.29, 0.717) is 0 Å². The fraction of sp³-hybridized carbons (Fsp3) is 0.500. The van der Waals surface area contributed by atoms with Crippen LogP contribution < -0.4 is 5.32 Å². The first kappa shape index (κ1) is 13.1. The number of imidazole rings is 1. The van der Waals surface area contributed by atoms with Gasteiger partial charge in [0.15, 0.2) is 0 Å². The number of aromatic nitrogens is 2. The fourth-order valence-corrected chi connectivity index (χ4v) is 2.10. The number of hydrogen-bond donors (Lipinski definition) is 2. The molecule has 0 aliphatic rings. The van der Waals surface area contributed by atoms with E-state index in [2.05, 4.69) is 52.2 Å². The van der Waals surface area contributed by atoms with E-state index < -0.39 is 0 Å². The number of hydrogen-bond acceptors (Lipinski definition) is 3. The third-order valence-electron chi connectivity index (χ3n) is 3.31. The van der Waals surface area contributed by atoms with E-state index in [0.717, 1.165) is 43.8 Å². The zero-order valence-corrected chi connectivity index (χ0v) is 11.2. The van der Waals surface area contributed by atoms with E-state index in [1.807, 2.05) is 0 Å². The maximum Gasteiger partial charge on any atom is 0.0931 e. The molecule has 2 rings (SSSR count). The van der Waals surface area contributed by atoms with Gasteiger partial charge in [0.1, 0.15) is 0 Å². The van der Waals surface area contributed by atoms with Gasteiger partial charge >= 0.3 is 0 Å². The average molecular weight is 246 g/mol. The molecule has 0 aliphatic carbocycles. The van der Waals surface area contributed by atoms with Gasteiger partial charge in [-0.15, -0.1) is 0 Å². The molecule has 2 N–H and O–H groups in total. The Bertz CT molecular complexity index is 473. The summed E-state index contributed by atoms with van der Waals surface area (Å²) in [6.45, 7) is 9.71. The summed E-state index contributed by atoms with van der Waals surface area (Å²) in [4.78, 5) is 9.78. The minimum atomic E-state index is 0.913. The lowest BCUT2D eigenvalue weighted by Gasteiger charge is -2.17. The van der Waals surface area contributed by atoms with Crippen molar-refractivity contribution in [1.82, 2.24) is 20.2 Å². The van der Waals surface area contributed by atoms with Crippen LogP contribution in [0.25, 0.3) is 11.0 Å². The van der Waals surface area contributed by atoms with Crippen molar-refractivity contribution in [3.63, 3.8) is 0 Å². The summed E-state index contributed by atoms with van der Waals surface area (Å²) in [5.41, 5.74) is 3.44. The van der Waals surface area contributed by atoms with Crippen LogP contribution in [0.1, 0.15) is 19.4 Å². The number of benzene rings is 1. The van der Waals surface area contributed by atoms with Gasteiger partial charge < -0.3 is 15.2 Å². The van der Waals surface area contributed by atoms with Crippen molar-refractivity contribution in [1.29, 1.82) is 0 Å². The van der Waals surface area contributed by atoms with Crippen molar-refractivity contribution in [2.45, 2.75) is 20.4 Å². The van der Waals surface area contributed by atoms with Gasteiger partial charge in [-0.1, -0.05) is 19.9 Å². The minimum Gasteiger partial charge on any atom is -0.345 e. The summed E-state index contributed by atoms with van der Waals surface area (Å²) in [5, 5.41) is 3.48. The van der Waals surface area contributed by atoms with Crippen molar-refractivity contribution in [3.8, 4) is 0 Å². The van der Waals surface area contributed by atoms with Crippen LogP contribution in [-0.2, 0) is 6.54 Å². The van der Waals surface area contributed by atoms with Crippen LogP contribution in [0.5, 0.6) is 0 Å². The predicted octanol–water partition coefficient (Wildman–Crippen LogP) is 1.99. The lowest BCUT2D eigenvalue weighted by molar-refractivity contribution is 0.302. The Balaban J connectivity index is 1.79. The summed E-state index contributed by atoms with van der Waals surface area (Å²) in [6, 6.07) is 6.35. The molecule has 0 atom stereocenters. The Morgan fingerprint density at radius 2 is 2.11 bits per heavy atom.